The van der Waals surface area contributed by atoms with Crippen molar-refractivity contribution in [3.05, 3.63) is 76.0 Å². The van der Waals surface area contributed by atoms with Gasteiger partial charge in [0.25, 0.3) is 11.6 Å². The van der Waals surface area contributed by atoms with E-state index in [4.69, 9.17) is 0 Å². The lowest BCUT2D eigenvalue weighted by Gasteiger charge is -2.11. The molecule has 3 rings (SSSR count). The second-order valence-electron chi connectivity index (χ2n) is 5.74. The van der Waals surface area contributed by atoms with Crippen LogP contribution in [0.25, 0.3) is 0 Å². The van der Waals surface area contributed by atoms with Gasteiger partial charge in [-0.15, -0.1) is 0 Å². The fourth-order valence-electron chi connectivity index (χ4n) is 2.40. The number of nitrogens with one attached hydrogen (secondary N) is 1. The summed E-state index contributed by atoms with van der Waals surface area (Å²) in [6, 6.07) is 8.27. The summed E-state index contributed by atoms with van der Waals surface area (Å²) < 4.78 is 64.1. The van der Waals surface area contributed by atoms with Crippen LogP contribution in [0.3, 0.4) is 0 Å². The lowest BCUT2D eigenvalue weighted by molar-refractivity contribution is -0.384. The molecule has 1 aromatic heterocycles. The number of thiazole rings is 1. The molecule has 0 saturated carbocycles. The molecule has 1 amide bonds. The van der Waals surface area contributed by atoms with Gasteiger partial charge in [0, 0.05) is 12.1 Å². The van der Waals surface area contributed by atoms with Crippen LogP contribution in [0.15, 0.2) is 63.8 Å². The summed E-state index contributed by atoms with van der Waals surface area (Å²) >= 11 is 0.535. The van der Waals surface area contributed by atoms with E-state index in [0.717, 1.165) is 48.7 Å². The zero-order valence-corrected chi connectivity index (χ0v) is 16.2. The minimum absolute atomic E-state index is 0.225. The Labute approximate surface area is 171 Å². The Kier molecular flexibility index (Phi) is 5.59. The van der Waals surface area contributed by atoms with E-state index in [1.807, 2.05) is 0 Å². The summed E-state index contributed by atoms with van der Waals surface area (Å²) in [5.74, 6) is -1.10. The van der Waals surface area contributed by atoms with E-state index in [9.17, 15) is 36.5 Å². The van der Waals surface area contributed by atoms with E-state index < -0.39 is 38.0 Å². The Bertz CT molecular complexity index is 1220. The van der Waals surface area contributed by atoms with Gasteiger partial charge in [-0.1, -0.05) is 23.5 Å². The number of aromatic nitrogens is 1. The third-order valence-corrected chi connectivity index (χ3v) is 6.95. The van der Waals surface area contributed by atoms with Crippen molar-refractivity contribution in [1.82, 2.24) is 4.98 Å². The van der Waals surface area contributed by atoms with Crippen LogP contribution in [0.5, 0.6) is 0 Å². The average molecular weight is 457 g/mol. The summed E-state index contributed by atoms with van der Waals surface area (Å²) in [6.07, 6.45) is -3.81. The molecule has 1 heterocycles. The second-order valence-corrected chi connectivity index (χ2v) is 8.94. The van der Waals surface area contributed by atoms with Crippen LogP contribution in [0.1, 0.15) is 15.9 Å². The van der Waals surface area contributed by atoms with Crippen molar-refractivity contribution in [3.8, 4) is 0 Å². The third-order valence-electron chi connectivity index (χ3n) is 3.80. The lowest BCUT2D eigenvalue weighted by atomic mass is 10.1. The first-order valence-electron chi connectivity index (χ1n) is 7.93. The van der Waals surface area contributed by atoms with Gasteiger partial charge in [-0.25, -0.2) is 13.4 Å². The molecule has 0 spiro atoms. The highest BCUT2D eigenvalue weighted by Gasteiger charge is 2.35. The Morgan fingerprint density at radius 1 is 1.10 bits per heavy atom. The van der Waals surface area contributed by atoms with Crippen LogP contribution in [-0.4, -0.2) is 24.2 Å². The predicted molar refractivity (Wildman–Crippen MR) is 100 cm³/mol. The number of halogens is 3. The molecule has 3 aromatic rings. The van der Waals surface area contributed by atoms with Gasteiger partial charge < -0.3 is 0 Å². The molecule has 0 aliphatic heterocycles. The molecule has 0 atom stereocenters. The van der Waals surface area contributed by atoms with Crippen LogP contribution in [0, 0.1) is 10.1 Å². The number of non-ortho nitro benzene ring substituents is 1. The van der Waals surface area contributed by atoms with Crippen molar-refractivity contribution >= 4 is 37.9 Å². The maximum Gasteiger partial charge on any atom is 0.417 e. The van der Waals surface area contributed by atoms with Gasteiger partial charge in [-0.05, 0) is 24.3 Å². The molecule has 13 heteroatoms. The van der Waals surface area contributed by atoms with Gasteiger partial charge in [0.15, 0.2) is 5.13 Å². The molecule has 0 bridgehead atoms. The lowest BCUT2D eigenvalue weighted by Crippen LogP contribution is -2.18. The Hall–Kier alpha value is -3.32. The fourth-order valence-corrected chi connectivity index (χ4v) is 4.82. The zero-order chi connectivity index (χ0) is 22.1. The molecule has 2 aromatic carbocycles. The number of nitrogens with zero attached hydrogens (tertiary/aromatic N) is 2. The summed E-state index contributed by atoms with van der Waals surface area (Å²) in [7, 11) is -4.09. The zero-order valence-electron chi connectivity index (χ0n) is 14.6. The Morgan fingerprint density at radius 3 is 2.33 bits per heavy atom. The molecule has 0 aliphatic rings. The van der Waals surface area contributed by atoms with Crippen LogP contribution < -0.4 is 5.32 Å². The molecule has 30 heavy (non-hydrogen) atoms. The van der Waals surface area contributed by atoms with Crippen LogP contribution >= 0.6 is 11.3 Å². The molecule has 1 N–H and O–H groups in total. The van der Waals surface area contributed by atoms with E-state index in [1.54, 1.807) is 0 Å². The highest BCUT2D eigenvalue weighted by atomic mass is 32.2. The highest BCUT2D eigenvalue weighted by Crippen LogP contribution is 2.33. The van der Waals surface area contributed by atoms with Crippen molar-refractivity contribution in [2.45, 2.75) is 15.3 Å². The maximum absolute atomic E-state index is 13.1. The van der Waals surface area contributed by atoms with E-state index in [0.29, 0.717) is 11.3 Å². The maximum atomic E-state index is 13.1. The number of nitro benzene ring substituents is 1. The molecule has 0 fully saturated rings. The summed E-state index contributed by atoms with van der Waals surface area (Å²) in [4.78, 5) is 25.7. The quantitative estimate of drug-likeness (QED) is 0.454. The fraction of sp³-hybridized carbons (Fsp3) is 0.0588. The number of carbonyl (C=O) groups is 1. The number of amides is 1. The first-order chi connectivity index (χ1) is 14.0. The van der Waals surface area contributed by atoms with Crippen molar-refractivity contribution in [2.75, 3.05) is 5.32 Å². The molecule has 0 unspecified atom stereocenters. The van der Waals surface area contributed by atoms with Gasteiger partial charge in [0.1, 0.15) is 4.21 Å². The number of anilines is 1. The number of hydrogen-bond acceptors (Lipinski definition) is 7. The van der Waals surface area contributed by atoms with Crippen molar-refractivity contribution < 1.29 is 31.3 Å². The predicted octanol–water partition coefficient (Wildman–Crippen LogP) is 4.16. The van der Waals surface area contributed by atoms with Gasteiger partial charge >= 0.3 is 6.18 Å². The Balaban J connectivity index is 1.85. The van der Waals surface area contributed by atoms with Gasteiger partial charge in [0.05, 0.1) is 27.1 Å². The minimum atomic E-state index is -4.75. The largest absolute Gasteiger partial charge is 0.417 e. The van der Waals surface area contributed by atoms with E-state index >= 15 is 0 Å². The topological polar surface area (TPSA) is 119 Å². The number of hydrogen-bond donors (Lipinski definition) is 1. The monoisotopic (exact) mass is 457 g/mol. The van der Waals surface area contributed by atoms with Crippen LogP contribution in [-0.2, 0) is 16.0 Å². The number of carbonyl (C=O) groups excluding carboxylic acids is 1. The number of benzene rings is 2. The molecule has 156 valence electrons. The smallest absolute Gasteiger partial charge is 0.298 e. The van der Waals surface area contributed by atoms with Gasteiger partial charge in [-0.2, -0.15) is 13.2 Å². The average Bonchev–Trinajstić information content (AvgIpc) is 3.16. The summed E-state index contributed by atoms with van der Waals surface area (Å²) in [5, 5.41) is 12.6. The van der Waals surface area contributed by atoms with Crippen LogP contribution in [0.4, 0.5) is 24.0 Å². The molecule has 8 nitrogen and oxygen atoms in total. The normalized spacial score (nSPS) is 11.8. The number of nitro groups is 1. The second kappa shape index (κ2) is 7.84. The molecular formula is C17H10F3N3O5S2. The van der Waals surface area contributed by atoms with Crippen molar-refractivity contribution in [2.24, 2.45) is 0 Å². The molecule has 0 radical (unpaired) electrons. The van der Waals surface area contributed by atoms with Crippen molar-refractivity contribution in [3.63, 3.8) is 0 Å². The standard InChI is InChI=1S/C17H10F3N3O5S2/c18-17(19,20)13-4-2-1-3-12(13)15(24)22-16-21-9-14(29-16)30(27,28)11-7-5-10(6-8-11)23(25)26/h1-9H,(H,21,22,24). The van der Waals surface area contributed by atoms with Crippen molar-refractivity contribution in [1.29, 1.82) is 0 Å². The Morgan fingerprint density at radius 2 is 1.73 bits per heavy atom. The van der Waals surface area contributed by atoms with Crippen LogP contribution in [0.2, 0.25) is 0 Å². The summed E-state index contributed by atoms with van der Waals surface area (Å²) in [5.41, 5.74) is -2.08. The number of rotatable bonds is 5. The van der Waals surface area contributed by atoms with E-state index in [-0.39, 0.29) is 19.9 Å². The third kappa shape index (κ3) is 4.31. The molecule has 0 saturated heterocycles. The van der Waals surface area contributed by atoms with E-state index in [1.165, 1.54) is 6.07 Å². The first-order valence-corrected chi connectivity index (χ1v) is 10.2. The number of sulfone groups is 1. The van der Waals surface area contributed by atoms with Gasteiger partial charge in [0.2, 0.25) is 9.84 Å². The molecule has 0 aliphatic carbocycles. The summed E-state index contributed by atoms with van der Waals surface area (Å²) in [6.45, 7) is 0. The first kappa shape index (κ1) is 21.4. The molecular weight excluding hydrogens is 447 g/mol. The SMILES string of the molecule is O=C(Nc1ncc(S(=O)(=O)c2ccc([N+](=O)[O-])cc2)s1)c1ccccc1C(F)(F)F. The highest BCUT2D eigenvalue weighted by molar-refractivity contribution is 7.93. The minimum Gasteiger partial charge on any atom is -0.298 e. The van der Waals surface area contributed by atoms with E-state index in [2.05, 4.69) is 10.3 Å². The number of alkyl halides is 3. The van der Waals surface area contributed by atoms with Gasteiger partial charge in [-0.3, -0.25) is 20.2 Å².